The van der Waals surface area contributed by atoms with E-state index in [0.29, 0.717) is 18.0 Å². The minimum Gasteiger partial charge on any atom is -0.365 e. The van der Waals surface area contributed by atoms with Gasteiger partial charge >= 0.3 is 0 Å². The van der Waals surface area contributed by atoms with Crippen molar-refractivity contribution in [3.05, 3.63) is 11.3 Å². The molecule has 0 bridgehead atoms. The molecule has 0 atom stereocenters. The Morgan fingerprint density at radius 1 is 1.14 bits per heavy atom. The van der Waals surface area contributed by atoms with Crippen LogP contribution < -0.4 is 10.6 Å². The van der Waals surface area contributed by atoms with Gasteiger partial charge in [0.1, 0.15) is 16.7 Å². The lowest BCUT2D eigenvalue weighted by molar-refractivity contribution is 0.371. The molecule has 1 aliphatic carbocycles. The minimum absolute atomic E-state index is 0.433. The Balaban J connectivity index is 1.78. The van der Waals surface area contributed by atoms with Gasteiger partial charge in [-0.05, 0) is 32.7 Å². The summed E-state index contributed by atoms with van der Waals surface area (Å²) >= 11 is 1.67. The van der Waals surface area contributed by atoms with Gasteiger partial charge in [0.25, 0.3) is 0 Å². The van der Waals surface area contributed by atoms with E-state index >= 15 is 0 Å². The number of nitrogens with zero attached hydrogens (tertiary/aromatic N) is 3. The number of rotatable bonds is 4. The van der Waals surface area contributed by atoms with Gasteiger partial charge in [-0.15, -0.1) is 0 Å². The zero-order valence-corrected chi connectivity index (χ0v) is 13.7. The maximum absolute atomic E-state index is 4.73. The van der Waals surface area contributed by atoms with Crippen LogP contribution in [0.2, 0.25) is 0 Å². The van der Waals surface area contributed by atoms with Gasteiger partial charge in [0.2, 0.25) is 0 Å². The van der Waals surface area contributed by atoms with E-state index in [1.54, 1.807) is 17.7 Å². The van der Waals surface area contributed by atoms with Crippen molar-refractivity contribution < 1.29 is 0 Å². The first-order valence-corrected chi connectivity index (χ1v) is 8.54. The highest BCUT2D eigenvalue weighted by Gasteiger charge is 2.21. The molecule has 0 saturated heterocycles. The van der Waals surface area contributed by atoms with Crippen molar-refractivity contribution in [3.8, 4) is 0 Å². The summed E-state index contributed by atoms with van der Waals surface area (Å²) in [5.41, 5.74) is 0.932. The second-order valence-corrected chi connectivity index (χ2v) is 7.07. The van der Waals surface area contributed by atoms with Crippen molar-refractivity contribution in [1.29, 1.82) is 0 Å². The van der Waals surface area contributed by atoms with E-state index in [4.69, 9.17) is 4.98 Å². The molecule has 1 saturated carbocycles. The second-order valence-electron chi connectivity index (χ2n) is 6.06. The van der Waals surface area contributed by atoms with Crippen LogP contribution in [-0.4, -0.2) is 34.1 Å². The van der Waals surface area contributed by atoms with E-state index in [0.717, 1.165) is 21.2 Å². The third kappa shape index (κ3) is 3.16. The molecular formula is C15H23N5S. The van der Waals surface area contributed by atoms with Gasteiger partial charge in [-0.1, -0.05) is 25.2 Å². The predicted octanol–water partition coefficient (Wildman–Crippen LogP) is 3.15. The molecule has 0 radical (unpaired) electrons. The van der Waals surface area contributed by atoms with Gasteiger partial charge in [0.05, 0.1) is 5.01 Å². The van der Waals surface area contributed by atoms with Crippen LogP contribution in [0.5, 0.6) is 0 Å². The molecule has 0 aromatic carbocycles. The van der Waals surface area contributed by atoms with E-state index in [-0.39, 0.29) is 0 Å². The van der Waals surface area contributed by atoms with Crippen LogP contribution in [0.3, 0.4) is 0 Å². The maximum Gasteiger partial charge on any atom is 0.157 e. The first-order chi connectivity index (χ1) is 10.2. The summed E-state index contributed by atoms with van der Waals surface area (Å²) in [6, 6.07) is 1.16. The Kier molecular flexibility index (Phi) is 4.35. The van der Waals surface area contributed by atoms with Crippen molar-refractivity contribution >= 4 is 27.5 Å². The van der Waals surface area contributed by atoms with E-state index in [1.807, 2.05) is 0 Å². The largest absolute Gasteiger partial charge is 0.365 e. The minimum atomic E-state index is 0.433. The van der Waals surface area contributed by atoms with Crippen molar-refractivity contribution in [2.75, 3.05) is 12.4 Å². The van der Waals surface area contributed by atoms with Gasteiger partial charge in [0.15, 0.2) is 5.82 Å². The smallest absolute Gasteiger partial charge is 0.157 e. The zero-order chi connectivity index (χ0) is 14.8. The molecule has 1 aliphatic rings. The van der Waals surface area contributed by atoms with Crippen molar-refractivity contribution in [3.63, 3.8) is 0 Å². The molecule has 114 valence electrons. The highest BCUT2D eigenvalue weighted by Crippen LogP contribution is 2.30. The zero-order valence-electron chi connectivity index (χ0n) is 12.9. The predicted molar refractivity (Wildman–Crippen MR) is 88.0 cm³/mol. The van der Waals surface area contributed by atoms with Crippen LogP contribution in [0.4, 0.5) is 5.82 Å². The SMILES string of the molecule is CN[C@H]1CC[C@H](Nc2ncnc3sc(C(C)C)nc23)CC1. The quantitative estimate of drug-likeness (QED) is 0.908. The van der Waals surface area contributed by atoms with E-state index in [9.17, 15) is 0 Å². The Morgan fingerprint density at radius 2 is 1.86 bits per heavy atom. The highest BCUT2D eigenvalue weighted by atomic mass is 32.1. The Hall–Kier alpha value is -1.27. The number of fused-ring (bicyclic) bond motifs is 1. The summed E-state index contributed by atoms with van der Waals surface area (Å²) in [6.07, 6.45) is 6.44. The molecule has 0 aliphatic heterocycles. The average Bonchev–Trinajstić information content (AvgIpc) is 2.93. The number of hydrogen-bond donors (Lipinski definition) is 2. The Labute approximate surface area is 129 Å². The van der Waals surface area contributed by atoms with Gasteiger partial charge < -0.3 is 10.6 Å². The summed E-state index contributed by atoms with van der Waals surface area (Å²) < 4.78 is 0. The lowest BCUT2D eigenvalue weighted by Gasteiger charge is -2.29. The summed E-state index contributed by atoms with van der Waals surface area (Å²) in [7, 11) is 2.05. The van der Waals surface area contributed by atoms with Crippen LogP contribution in [0.25, 0.3) is 10.3 Å². The highest BCUT2D eigenvalue weighted by molar-refractivity contribution is 7.18. The Morgan fingerprint density at radius 3 is 2.52 bits per heavy atom. The lowest BCUT2D eigenvalue weighted by atomic mass is 9.91. The van der Waals surface area contributed by atoms with E-state index in [1.165, 1.54) is 25.7 Å². The first-order valence-electron chi connectivity index (χ1n) is 7.72. The van der Waals surface area contributed by atoms with Crippen LogP contribution in [0.15, 0.2) is 6.33 Å². The Bertz CT molecular complexity index is 601. The number of anilines is 1. The van der Waals surface area contributed by atoms with Crippen LogP contribution in [0.1, 0.15) is 50.5 Å². The molecule has 0 amide bonds. The summed E-state index contributed by atoms with van der Waals surface area (Å²) in [5, 5.41) is 8.09. The molecule has 2 aromatic heterocycles. The normalized spacial score (nSPS) is 22.9. The third-order valence-corrected chi connectivity index (χ3v) is 5.45. The van der Waals surface area contributed by atoms with Gasteiger partial charge in [-0.3, -0.25) is 0 Å². The summed E-state index contributed by atoms with van der Waals surface area (Å²) in [4.78, 5) is 14.5. The van der Waals surface area contributed by atoms with Crippen LogP contribution in [0, 0.1) is 0 Å². The lowest BCUT2D eigenvalue weighted by Crippen LogP contribution is -2.35. The van der Waals surface area contributed by atoms with Gasteiger partial charge in [-0.25, -0.2) is 15.0 Å². The maximum atomic E-state index is 4.73. The molecule has 5 nitrogen and oxygen atoms in total. The van der Waals surface area contributed by atoms with Crippen molar-refractivity contribution in [2.24, 2.45) is 0 Å². The van der Waals surface area contributed by atoms with Crippen molar-refractivity contribution in [1.82, 2.24) is 20.3 Å². The standard InChI is InChI=1S/C15H23N5S/c1-9(2)14-20-12-13(17-8-18-15(12)21-14)19-11-6-4-10(16-3)5-7-11/h8-11,16H,4-7H2,1-3H3,(H,17,18,19)/t10-,11-. The fourth-order valence-electron chi connectivity index (χ4n) is 2.84. The van der Waals surface area contributed by atoms with Gasteiger partial charge in [0, 0.05) is 18.0 Å². The fraction of sp³-hybridized carbons (Fsp3) is 0.667. The van der Waals surface area contributed by atoms with E-state index < -0.39 is 0 Å². The molecule has 2 N–H and O–H groups in total. The molecule has 2 heterocycles. The monoisotopic (exact) mass is 305 g/mol. The van der Waals surface area contributed by atoms with Crippen LogP contribution >= 0.6 is 11.3 Å². The topological polar surface area (TPSA) is 62.7 Å². The number of aromatic nitrogens is 3. The second kappa shape index (κ2) is 6.23. The van der Waals surface area contributed by atoms with Crippen LogP contribution in [-0.2, 0) is 0 Å². The van der Waals surface area contributed by atoms with Gasteiger partial charge in [-0.2, -0.15) is 0 Å². The fourth-order valence-corrected chi connectivity index (χ4v) is 3.75. The molecule has 0 unspecified atom stereocenters. The van der Waals surface area contributed by atoms with E-state index in [2.05, 4.69) is 41.5 Å². The first kappa shape index (κ1) is 14.7. The third-order valence-electron chi connectivity index (χ3n) is 4.18. The molecule has 21 heavy (non-hydrogen) atoms. The molecule has 3 rings (SSSR count). The number of nitrogens with one attached hydrogen (secondary N) is 2. The molecule has 1 fully saturated rings. The molecular weight excluding hydrogens is 282 g/mol. The number of hydrogen-bond acceptors (Lipinski definition) is 6. The average molecular weight is 305 g/mol. The summed E-state index contributed by atoms with van der Waals surface area (Å²) in [5.74, 6) is 1.33. The molecule has 6 heteroatoms. The van der Waals surface area contributed by atoms with Crippen molar-refractivity contribution in [2.45, 2.75) is 57.5 Å². The molecule has 0 spiro atoms. The summed E-state index contributed by atoms with van der Waals surface area (Å²) in [6.45, 7) is 4.33. The number of thiazole rings is 1. The molecule has 2 aromatic rings.